The molecule has 4 rings (SSSR count). The number of nitriles is 1. The lowest BCUT2D eigenvalue weighted by atomic mass is 9.73. The van der Waals surface area contributed by atoms with Crippen LogP contribution in [0.15, 0.2) is 79.7 Å². The lowest BCUT2D eigenvalue weighted by Crippen LogP contribution is -2.34. The van der Waals surface area contributed by atoms with Crippen molar-refractivity contribution in [1.29, 1.82) is 5.26 Å². The summed E-state index contributed by atoms with van der Waals surface area (Å²) in [6, 6.07) is 13.6. The minimum absolute atomic E-state index is 0.106. The fraction of sp³-hybridized carbons (Fsp3) is 0.345. The molecule has 4 heteroatoms. The van der Waals surface area contributed by atoms with Crippen molar-refractivity contribution in [2.45, 2.75) is 50.4 Å². The zero-order valence-corrected chi connectivity index (χ0v) is 19.2. The molecule has 1 saturated carbocycles. The molecule has 0 spiro atoms. The summed E-state index contributed by atoms with van der Waals surface area (Å²) < 4.78 is 0. The molecule has 2 heterocycles. The highest BCUT2D eigenvalue weighted by Gasteiger charge is 2.46. The van der Waals surface area contributed by atoms with Crippen LogP contribution in [0.5, 0.6) is 0 Å². The first-order valence-electron chi connectivity index (χ1n) is 11.8. The number of anilines is 1. The summed E-state index contributed by atoms with van der Waals surface area (Å²) in [5.41, 5.74) is 3.71. The van der Waals surface area contributed by atoms with Gasteiger partial charge in [-0.2, -0.15) is 5.26 Å². The third kappa shape index (κ3) is 4.41. The maximum absolute atomic E-state index is 13.3. The number of aromatic nitrogens is 1. The summed E-state index contributed by atoms with van der Waals surface area (Å²) in [4.78, 5) is 20.0. The maximum atomic E-state index is 13.3. The van der Waals surface area contributed by atoms with Crippen LogP contribution in [0.25, 0.3) is 0 Å². The van der Waals surface area contributed by atoms with Gasteiger partial charge in [0.05, 0.1) is 11.6 Å². The Labute approximate surface area is 197 Å². The van der Waals surface area contributed by atoms with Gasteiger partial charge in [-0.15, -0.1) is 13.2 Å². The lowest BCUT2D eigenvalue weighted by Gasteiger charge is -2.34. The third-order valence-corrected chi connectivity index (χ3v) is 7.05. The van der Waals surface area contributed by atoms with Gasteiger partial charge in [0.2, 0.25) is 5.78 Å². The largest absolute Gasteiger partial charge is 0.343 e. The maximum Gasteiger partial charge on any atom is 0.205 e. The van der Waals surface area contributed by atoms with Gasteiger partial charge in [0.1, 0.15) is 5.69 Å². The van der Waals surface area contributed by atoms with Gasteiger partial charge in [-0.25, -0.2) is 0 Å². The smallest absolute Gasteiger partial charge is 0.205 e. The van der Waals surface area contributed by atoms with Crippen LogP contribution in [0.2, 0.25) is 0 Å². The highest BCUT2D eigenvalue weighted by atomic mass is 16.1. The summed E-state index contributed by atoms with van der Waals surface area (Å²) in [7, 11) is 0. The number of nitrogens with zero attached hydrogens (tertiary/aromatic N) is 3. The number of benzene rings is 1. The van der Waals surface area contributed by atoms with E-state index in [0.717, 1.165) is 23.5 Å². The van der Waals surface area contributed by atoms with E-state index in [1.165, 1.54) is 32.1 Å². The number of rotatable bonds is 8. The molecule has 1 aromatic carbocycles. The molecule has 0 amide bonds. The Morgan fingerprint density at radius 3 is 2.55 bits per heavy atom. The summed E-state index contributed by atoms with van der Waals surface area (Å²) in [6.45, 7) is 8.95. The molecular weight excluding hydrogens is 406 g/mol. The number of ketones is 1. The number of carbonyl (C=O) groups is 1. The second-order valence-electron chi connectivity index (χ2n) is 9.13. The Bertz CT molecular complexity index is 1090. The van der Waals surface area contributed by atoms with E-state index in [-0.39, 0.29) is 5.78 Å². The van der Waals surface area contributed by atoms with Crippen LogP contribution in [0.1, 0.15) is 66.6 Å². The van der Waals surface area contributed by atoms with E-state index in [1.54, 1.807) is 18.3 Å². The number of fused-ring (bicyclic) bond motifs is 1. The first-order chi connectivity index (χ1) is 16.1. The van der Waals surface area contributed by atoms with Gasteiger partial charge in [0.25, 0.3) is 0 Å². The first-order valence-corrected chi connectivity index (χ1v) is 11.8. The standard InChI is InChI=1S/C29H31N3O/c1-3-15-29(16-4-2)24-18-23(20-30)13-14-26(24)32(21-22-10-6-5-7-11-22)28(29)19-27(33)25-12-8-9-17-31-25/h3-4,8-9,12-14,17-19,22H,1-2,5-7,10-11,15-16,21H2/b28-19-. The Hall–Kier alpha value is -3.45. The van der Waals surface area contributed by atoms with Crippen LogP contribution in [0.4, 0.5) is 5.69 Å². The molecule has 168 valence electrons. The zero-order valence-electron chi connectivity index (χ0n) is 19.2. The molecule has 0 saturated heterocycles. The second-order valence-corrected chi connectivity index (χ2v) is 9.13. The SMILES string of the molecule is C=CCC1(CC=C)/C(=C/C(=O)c2ccccn2)N(CC2CCCCC2)c2ccc(C#N)cc21. The van der Waals surface area contributed by atoms with Crippen molar-refractivity contribution in [1.82, 2.24) is 4.98 Å². The van der Waals surface area contributed by atoms with E-state index in [0.29, 0.717) is 30.0 Å². The summed E-state index contributed by atoms with van der Waals surface area (Å²) in [5, 5.41) is 9.60. The molecule has 33 heavy (non-hydrogen) atoms. The quantitative estimate of drug-likeness (QED) is 0.268. The molecule has 0 unspecified atom stereocenters. The number of allylic oxidation sites excluding steroid dienone is 4. The van der Waals surface area contributed by atoms with Crippen LogP contribution in [-0.2, 0) is 5.41 Å². The topological polar surface area (TPSA) is 57.0 Å². The van der Waals surface area contributed by atoms with Crippen molar-refractivity contribution in [3.05, 3.63) is 96.5 Å². The normalized spacial score (nSPS) is 18.5. The molecule has 0 radical (unpaired) electrons. The Balaban J connectivity index is 1.89. The van der Waals surface area contributed by atoms with E-state index >= 15 is 0 Å². The number of hydrogen-bond donors (Lipinski definition) is 0. The highest BCUT2D eigenvalue weighted by molar-refractivity contribution is 6.04. The molecule has 0 N–H and O–H groups in total. The number of carbonyl (C=O) groups excluding carboxylic acids is 1. The van der Waals surface area contributed by atoms with Crippen LogP contribution >= 0.6 is 0 Å². The average Bonchev–Trinajstić information content (AvgIpc) is 3.09. The van der Waals surface area contributed by atoms with Crippen molar-refractivity contribution < 1.29 is 4.79 Å². The molecule has 1 fully saturated rings. The monoisotopic (exact) mass is 437 g/mol. The Morgan fingerprint density at radius 1 is 1.15 bits per heavy atom. The lowest BCUT2D eigenvalue weighted by molar-refractivity contribution is 0.104. The molecule has 1 aromatic heterocycles. The third-order valence-electron chi connectivity index (χ3n) is 7.05. The van der Waals surface area contributed by atoms with Crippen LogP contribution in [0.3, 0.4) is 0 Å². The first kappa shape index (κ1) is 22.7. The molecule has 2 aromatic rings. The molecule has 1 aliphatic heterocycles. The van der Waals surface area contributed by atoms with Crippen molar-refractivity contribution in [3.8, 4) is 6.07 Å². The van der Waals surface area contributed by atoms with Gasteiger partial charge >= 0.3 is 0 Å². The minimum atomic E-state index is -0.481. The van der Waals surface area contributed by atoms with Crippen LogP contribution in [0, 0.1) is 17.2 Å². The molecule has 2 aliphatic rings. The molecular formula is C29H31N3O. The fourth-order valence-electron chi connectivity index (χ4n) is 5.50. The fourth-order valence-corrected chi connectivity index (χ4v) is 5.50. The summed E-state index contributed by atoms with van der Waals surface area (Å²) in [5.74, 6) is 0.476. The molecule has 4 nitrogen and oxygen atoms in total. The van der Waals surface area contributed by atoms with E-state index in [4.69, 9.17) is 0 Å². The van der Waals surface area contributed by atoms with Gasteiger partial charge in [0.15, 0.2) is 0 Å². The van der Waals surface area contributed by atoms with Crippen molar-refractivity contribution in [3.63, 3.8) is 0 Å². The number of hydrogen-bond acceptors (Lipinski definition) is 4. The predicted octanol–water partition coefficient (Wildman–Crippen LogP) is 6.51. The minimum Gasteiger partial charge on any atom is -0.343 e. The molecule has 1 aliphatic carbocycles. The molecule has 0 bridgehead atoms. The average molecular weight is 438 g/mol. The van der Waals surface area contributed by atoms with Crippen molar-refractivity contribution in [2.75, 3.05) is 11.4 Å². The van der Waals surface area contributed by atoms with Crippen molar-refractivity contribution >= 4 is 11.5 Å². The Morgan fingerprint density at radius 2 is 1.91 bits per heavy atom. The zero-order chi connectivity index (χ0) is 23.3. The van der Waals surface area contributed by atoms with E-state index in [1.807, 2.05) is 42.5 Å². The molecule has 0 atom stereocenters. The van der Waals surface area contributed by atoms with E-state index in [2.05, 4.69) is 29.1 Å². The predicted molar refractivity (Wildman–Crippen MR) is 133 cm³/mol. The van der Waals surface area contributed by atoms with Gasteiger partial charge in [-0.3, -0.25) is 9.78 Å². The Kier molecular flexibility index (Phi) is 6.89. The van der Waals surface area contributed by atoms with E-state index < -0.39 is 5.41 Å². The highest BCUT2D eigenvalue weighted by Crippen LogP contribution is 2.53. The van der Waals surface area contributed by atoms with E-state index in [9.17, 15) is 10.1 Å². The summed E-state index contributed by atoms with van der Waals surface area (Å²) in [6.07, 6.45) is 14.8. The number of pyridine rings is 1. The van der Waals surface area contributed by atoms with Gasteiger partial charge < -0.3 is 4.90 Å². The van der Waals surface area contributed by atoms with Gasteiger partial charge in [-0.05, 0) is 67.5 Å². The van der Waals surface area contributed by atoms with Crippen molar-refractivity contribution in [2.24, 2.45) is 5.92 Å². The van der Waals surface area contributed by atoms with Crippen LogP contribution < -0.4 is 4.90 Å². The van der Waals surface area contributed by atoms with Crippen LogP contribution in [-0.4, -0.2) is 17.3 Å². The van der Waals surface area contributed by atoms with Gasteiger partial charge in [-0.1, -0.05) is 37.5 Å². The summed E-state index contributed by atoms with van der Waals surface area (Å²) >= 11 is 0. The van der Waals surface area contributed by atoms with Gasteiger partial charge in [0, 0.05) is 35.6 Å². The second kappa shape index (κ2) is 10.0.